The molecular formula is C12H24N4O4. The number of nitrogens with one attached hydrogen (secondary N) is 3. The van der Waals surface area contributed by atoms with Crippen LogP contribution >= 0.6 is 0 Å². The van der Waals surface area contributed by atoms with Gasteiger partial charge in [-0.05, 0) is 20.0 Å². The molecule has 0 spiro atoms. The summed E-state index contributed by atoms with van der Waals surface area (Å²) in [6.45, 7) is 3.96. The van der Waals surface area contributed by atoms with Gasteiger partial charge in [0.15, 0.2) is 0 Å². The molecule has 0 bridgehead atoms. The molecule has 0 aromatic carbocycles. The van der Waals surface area contributed by atoms with Crippen molar-refractivity contribution in [3.63, 3.8) is 0 Å². The zero-order valence-corrected chi connectivity index (χ0v) is 12.4. The summed E-state index contributed by atoms with van der Waals surface area (Å²) in [5, 5.41) is 15.7. The Balaban J connectivity index is 4.07. The molecule has 0 radical (unpaired) electrons. The number of amides is 3. The molecule has 1 atom stereocenters. The van der Waals surface area contributed by atoms with E-state index in [1.165, 1.54) is 0 Å². The van der Waals surface area contributed by atoms with Gasteiger partial charge >= 0.3 is 12.0 Å². The Morgan fingerprint density at radius 1 is 1.10 bits per heavy atom. The fourth-order valence-corrected chi connectivity index (χ4v) is 1.43. The van der Waals surface area contributed by atoms with Crippen molar-refractivity contribution in [2.24, 2.45) is 5.92 Å². The summed E-state index contributed by atoms with van der Waals surface area (Å²) < 4.78 is 0. The van der Waals surface area contributed by atoms with E-state index in [2.05, 4.69) is 16.0 Å². The van der Waals surface area contributed by atoms with Crippen LogP contribution in [0.5, 0.6) is 0 Å². The minimum Gasteiger partial charge on any atom is -0.480 e. The maximum atomic E-state index is 11.6. The molecule has 0 saturated heterocycles. The summed E-state index contributed by atoms with van der Waals surface area (Å²) in [5.74, 6) is -1.42. The highest BCUT2D eigenvalue weighted by Gasteiger charge is 2.17. The zero-order valence-electron chi connectivity index (χ0n) is 12.4. The van der Waals surface area contributed by atoms with Crippen LogP contribution in [0.2, 0.25) is 0 Å². The Bertz CT molecular complexity index is 344. The average Bonchev–Trinajstić information content (AvgIpc) is 2.32. The van der Waals surface area contributed by atoms with E-state index >= 15 is 0 Å². The smallest absolute Gasteiger partial charge is 0.322 e. The second-order valence-electron chi connectivity index (χ2n) is 5.11. The van der Waals surface area contributed by atoms with Gasteiger partial charge in [-0.15, -0.1) is 0 Å². The molecule has 0 aliphatic carbocycles. The first-order chi connectivity index (χ1) is 9.22. The topological polar surface area (TPSA) is 111 Å². The standard InChI is InChI=1S/C12H24N4O4/c1-8(2)9(7-16(3)4)15-12(20)14-5-10(17)13-6-11(18)19/h8-9H,5-7H2,1-4H3,(H,13,17)(H,18,19)(H2,14,15,20). The van der Waals surface area contributed by atoms with Crippen molar-refractivity contribution in [3.8, 4) is 0 Å². The lowest BCUT2D eigenvalue weighted by Gasteiger charge is -2.25. The zero-order chi connectivity index (χ0) is 15.7. The van der Waals surface area contributed by atoms with Crippen LogP contribution in [0.4, 0.5) is 4.79 Å². The van der Waals surface area contributed by atoms with Gasteiger partial charge in [0.05, 0.1) is 6.54 Å². The SMILES string of the molecule is CC(C)C(CN(C)C)NC(=O)NCC(=O)NCC(=O)O. The van der Waals surface area contributed by atoms with Gasteiger partial charge in [0, 0.05) is 12.6 Å². The van der Waals surface area contributed by atoms with E-state index in [9.17, 15) is 14.4 Å². The minimum atomic E-state index is -1.13. The number of carboxylic acid groups (broad SMARTS) is 1. The van der Waals surface area contributed by atoms with Gasteiger partial charge in [-0.2, -0.15) is 0 Å². The highest BCUT2D eigenvalue weighted by atomic mass is 16.4. The van der Waals surface area contributed by atoms with E-state index in [-0.39, 0.29) is 18.5 Å². The highest BCUT2D eigenvalue weighted by molar-refractivity contribution is 5.86. The van der Waals surface area contributed by atoms with Gasteiger partial charge in [-0.1, -0.05) is 13.8 Å². The van der Waals surface area contributed by atoms with Gasteiger partial charge < -0.3 is 26.0 Å². The number of hydrogen-bond acceptors (Lipinski definition) is 4. The number of carbonyl (C=O) groups is 3. The third-order valence-corrected chi connectivity index (χ3v) is 2.53. The lowest BCUT2D eigenvalue weighted by Crippen LogP contribution is -2.50. The molecular weight excluding hydrogens is 264 g/mol. The summed E-state index contributed by atoms with van der Waals surface area (Å²) in [7, 11) is 3.82. The van der Waals surface area contributed by atoms with E-state index < -0.39 is 24.5 Å². The third kappa shape index (κ3) is 9.15. The van der Waals surface area contributed by atoms with Gasteiger partial charge in [0.2, 0.25) is 5.91 Å². The molecule has 3 amide bonds. The van der Waals surface area contributed by atoms with Crippen molar-refractivity contribution in [2.75, 3.05) is 33.7 Å². The van der Waals surface area contributed by atoms with Crippen LogP contribution in [0.3, 0.4) is 0 Å². The van der Waals surface area contributed by atoms with E-state index in [4.69, 9.17) is 5.11 Å². The first kappa shape index (κ1) is 18.2. The normalized spacial score (nSPS) is 12.1. The van der Waals surface area contributed by atoms with Crippen LogP contribution in [0.15, 0.2) is 0 Å². The lowest BCUT2D eigenvalue weighted by molar-refractivity contribution is -0.137. The van der Waals surface area contributed by atoms with E-state index in [0.29, 0.717) is 6.54 Å². The van der Waals surface area contributed by atoms with Crippen LogP contribution in [0.25, 0.3) is 0 Å². The van der Waals surface area contributed by atoms with E-state index in [1.54, 1.807) is 0 Å². The lowest BCUT2D eigenvalue weighted by atomic mass is 10.0. The summed E-state index contributed by atoms with van der Waals surface area (Å²) in [4.78, 5) is 35.1. The summed E-state index contributed by atoms with van der Waals surface area (Å²) in [6.07, 6.45) is 0. The Morgan fingerprint density at radius 2 is 1.70 bits per heavy atom. The molecule has 0 fully saturated rings. The molecule has 1 unspecified atom stereocenters. The molecule has 0 aliphatic heterocycles. The summed E-state index contributed by atoms with van der Waals surface area (Å²) >= 11 is 0. The molecule has 8 heteroatoms. The molecule has 0 rings (SSSR count). The average molecular weight is 288 g/mol. The van der Waals surface area contributed by atoms with Crippen molar-refractivity contribution in [1.82, 2.24) is 20.9 Å². The van der Waals surface area contributed by atoms with Crippen LogP contribution in [0.1, 0.15) is 13.8 Å². The number of nitrogens with zero attached hydrogens (tertiary/aromatic N) is 1. The molecule has 0 aromatic heterocycles. The second-order valence-corrected chi connectivity index (χ2v) is 5.11. The van der Waals surface area contributed by atoms with Crippen molar-refractivity contribution in [2.45, 2.75) is 19.9 Å². The number of hydrogen-bond donors (Lipinski definition) is 4. The van der Waals surface area contributed by atoms with Crippen molar-refractivity contribution < 1.29 is 19.5 Å². The number of urea groups is 1. The second kappa shape index (κ2) is 9.13. The molecule has 0 saturated carbocycles. The number of rotatable bonds is 8. The van der Waals surface area contributed by atoms with Gasteiger partial charge in [-0.3, -0.25) is 9.59 Å². The first-order valence-corrected chi connectivity index (χ1v) is 6.40. The molecule has 8 nitrogen and oxygen atoms in total. The fraction of sp³-hybridized carbons (Fsp3) is 0.750. The van der Waals surface area contributed by atoms with E-state index in [1.807, 2.05) is 32.8 Å². The monoisotopic (exact) mass is 288 g/mol. The van der Waals surface area contributed by atoms with Crippen molar-refractivity contribution in [1.29, 1.82) is 0 Å². The van der Waals surface area contributed by atoms with Gasteiger partial charge in [-0.25, -0.2) is 4.79 Å². The largest absolute Gasteiger partial charge is 0.480 e. The van der Waals surface area contributed by atoms with Crippen LogP contribution in [0, 0.1) is 5.92 Å². The Labute approximate surface area is 118 Å². The molecule has 20 heavy (non-hydrogen) atoms. The molecule has 116 valence electrons. The van der Waals surface area contributed by atoms with Crippen molar-refractivity contribution in [3.05, 3.63) is 0 Å². The van der Waals surface area contributed by atoms with E-state index in [0.717, 1.165) is 0 Å². The maximum Gasteiger partial charge on any atom is 0.322 e. The highest BCUT2D eigenvalue weighted by Crippen LogP contribution is 2.02. The number of likely N-dealkylation sites (N-methyl/N-ethyl adjacent to an activating group) is 1. The summed E-state index contributed by atoms with van der Waals surface area (Å²) in [6, 6.07) is -0.483. The van der Waals surface area contributed by atoms with Crippen LogP contribution < -0.4 is 16.0 Å². The first-order valence-electron chi connectivity index (χ1n) is 6.40. The number of aliphatic carboxylic acids is 1. The predicted molar refractivity (Wildman–Crippen MR) is 74.4 cm³/mol. The predicted octanol–water partition coefficient (Wildman–Crippen LogP) is -0.927. The number of carbonyl (C=O) groups excluding carboxylic acids is 2. The molecule has 0 aromatic rings. The molecule has 4 N–H and O–H groups in total. The molecule has 0 heterocycles. The Kier molecular flexibility index (Phi) is 8.30. The summed E-state index contributed by atoms with van der Waals surface area (Å²) in [5.41, 5.74) is 0. The quantitative estimate of drug-likeness (QED) is 0.461. The Morgan fingerprint density at radius 3 is 2.15 bits per heavy atom. The maximum absolute atomic E-state index is 11.6. The minimum absolute atomic E-state index is 0.0351. The van der Waals surface area contributed by atoms with Crippen LogP contribution in [-0.2, 0) is 9.59 Å². The third-order valence-electron chi connectivity index (χ3n) is 2.53. The van der Waals surface area contributed by atoms with Crippen LogP contribution in [-0.4, -0.2) is 67.7 Å². The number of carboxylic acids is 1. The fourth-order valence-electron chi connectivity index (χ4n) is 1.43. The molecule has 0 aliphatic rings. The Hall–Kier alpha value is -1.83. The van der Waals surface area contributed by atoms with Gasteiger partial charge in [0.1, 0.15) is 6.54 Å². The van der Waals surface area contributed by atoms with Crippen molar-refractivity contribution >= 4 is 17.9 Å². The van der Waals surface area contributed by atoms with Gasteiger partial charge in [0.25, 0.3) is 0 Å².